The topological polar surface area (TPSA) is 107 Å². The highest BCUT2D eigenvalue weighted by Gasteiger charge is 2.27. The van der Waals surface area contributed by atoms with Crippen LogP contribution in [-0.4, -0.2) is 57.7 Å². The predicted octanol–water partition coefficient (Wildman–Crippen LogP) is 3.22. The van der Waals surface area contributed by atoms with Crippen LogP contribution in [0.4, 0.5) is 16.2 Å². The first-order valence-corrected chi connectivity index (χ1v) is 11.3. The summed E-state index contributed by atoms with van der Waals surface area (Å²) in [6.45, 7) is 6.13. The number of hydrogen-bond acceptors (Lipinski definition) is 6. The maximum Gasteiger partial charge on any atom is 0.414 e. The van der Waals surface area contributed by atoms with Crippen molar-refractivity contribution in [2.45, 2.75) is 33.2 Å². The maximum atomic E-state index is 13.0. The second-order valence-electron chi connectivity index (χ2n) is 8.33. The molecule has 0 aliphatic carbocycles. The summed E-state index contributed by atoms with van der Waals surface area (Å²) < 4.78 is 7.41. The van der Waals surface area contributed by atoms with Gasteiger partial charge in [-0.3, -0.25) is 14.7 Å². The standard InChI is InChI=1S/C24H30N6O3/c1-3-33-24(32)30(20-6-4-19(25)5-7-20)16-23(31)28-12-9-18(10-13-28)15-29-17(2)27-21-14-26-11-8-22(21)29/h4-8,11,14,18H,3,9-10,12-13,15-16,25H2,1-2H3. The van der Waals surface area contributed by atoms with Gasteiger partial charge in [0.05, 0.1) is 18.3 Å². The Morgan fingerprint density at radius 3 is 2.61 bits per heavy atom. The van der Waals surface area contributed by atoms with Crippen LogP contribution in [0.5, 0.6) is 0 Å². The molecular formula is C24H30N6O3. The smallest absolute Gasteiger partial charge is 0.414 e. The van der Waals surface area contributed by atoms with E-state index in [0.29, 0.717) is 30.4 Å². The van der Waals surface area contributed by atoms with Gasteiger partial charge in [0.25, 0.3) is 0 Å². The molecule has 0 bridgehead atoms. The summed E-state index contributed by atoms with van der Waals surface area (Å²) in [4.78, 5) is 37.5. The Morgan fingerprint density at radius 1 is 1.18 bits per heavy atom. The SMILES string of the molecule is CCOC(=O)N(CC(=O)N1CCC(Cn2c(C)nc3cnccc32)CC1)c1ccc(N)cc1. The van der Waals surface area contributed by atoms with Crippen LogP contribution in [0.3, 0.4) is 0 Å². The molecule has 1 aliphatic heterocycles. The molecule has 0 unspecified atom stereocenters. The van der Waals surface area contributed by atoms with Crippen molar-refractivity contribution in [2.24, 2.45) is 5.92 Å². The van der Waals surface area contributed by atoms with Gasteiger partial charge in [0.2, 0.25) is 5.91 Å². The number of imidazole rings is 1. The number of anilines is 2. The van der Waals surface area contributed by atoms with Crippen LogP contribution in [0.2, 0.25) is 0 Å². The summed E-state index contributed by atoms with van der Waals surface area (Å²) in [7, 11) is 0. The Kier molecular flexibility index (Phi) is 6.76. The maximum absolute atomic E-state index is 13.0. The molecule has 1 fully saturated rings. The van der Waals surface area contributed by atoms with E-state index in [0.717, 1.165) is 36.2 Å². The number of hydrogen-bond donors (Lipinski definition) is 1. The van der Waals surface area contributed by atoms with Crippen LogP contribution in [-0.2, 0) is 16.1 Å². The Bertz CT molecular complexity index is 1120. The van der Waals surface area contributed by atoms with E-state index < -0.39 is 6.09 Å². The minimum Gasteiger partial charge on any atom is -0.449 e. The lowest BCUT2D eigenvalue weighted by Gasteiger charge is -2.34. The number of carbonyl (C=O) groups is 2. The average molecular weight is 451 g/mol. The van der Waals surface area contributed by atoms with Gasteiger partial charge in [-0.2, -0.15) is 0 Å². The van der Waals surface area contributed by atoms with Crippen molar-refractivity contribution in [3.8, 4) is 0 Å². The summed E-state index contributed by atoms with van der Waals surface area (Å²) in [5, 5.41) is 0. The molecule has 9 heteroatoms. The fourth-order valence-corrected chi connectivity index (χ4v) is 4.31. The number of likely N-dealkylation sites (tertiary alicyclic amines) is 1. The molecule has 0 radical (unpaired) electrons. The first kappa shape index (κ1) is 22.6. The molecule has 33 heavy (non-hydrogen) atoms. The molecule has 0 atom stereocenters. The third kappa shape index (κ3) is 5.08. The number of fused-ring (bicyclic) bond motifs is 1. The summed E-state index contributed by atoms with van der Waals surface area (Å²) >= 11 is 0. The molecule has 9 nitrogen and oxygen atoms in total. The number of benzene rings is 1. The van der Waals surface area contributed by atoms with Crippen LogP contribution in [0.1, 0.15) is 25.6 Å². The minimum atomic E-state index is -0.539. The van der Waals surface area contributed by atoms with E-state index in [2.05, 4.69) is 14.5 Å². The fraction of sp³-hybridized carbons (Fsp3) is 0.417. The molecule has 0 spiro atoms. The number of piperidine rings is 1. The summed E-state index contributed by atoms with van der Waals surface area (Å²) in [5.41, 5.74) is 8.94. The van der Waals surface area contributed by atoms with E-state index in [1.807, 2.05) is 17.9 Å². The average Bonchev–Trinajstić information content (AvgIpc) is 3.13. The number of amides is 2. The van der Waals surface area contributed by atoms with Crippen molar-refractivity contribution in [2.75, 3.05) is 36.9 Å². The molecule has 3 heterocycles. The van der Waals surface area contributed by atoms with Gasteiger partial charge in [-0.1, -0.05) is 0 Å². The number of pyridine rings is 1. The highest BCUT2D eigenvalue weighted by Crippen LogP contribution is 2.24. The Hall–Kier alpha value is -3.62. The van der Waals surface area contributed by atoms with E-state index >= 15 is 0 Å². The number of aromatic nitrogens is 3. The third-order valence-corrected chi connectivity index (χ3v) is 6.14. The summed E-state index contributed by atoms with van der Waals surface area (Å²) in [6.07, 6.45) is 4.84. The number of aryl methyl sites for hydroxylation is 1. The van der Waals surface area contributed by atoms with E-state index in [9.17, 15) is 9.59 Å². The van der Waals surface area contributed by atoms with E-state index in [1.54, 1.807) is 43.6 Å². The number of nitrogen functional groups attached to an aromatic ring is 1. The molecule has 2 amide bonds. The number of carbonyl (C=O) groups excluding carboxylic acids is 2. The van der Waals surface area contributed by atoms with Crippen molar-refractivity contribution in [1.82, 2.24) is 19.4 Å². The van der Waals surface area contributed by atoms with E-state index in [1.165, 1.54) is 4.90 Å². The quantitative estimate of drug-likeness (QED) is 0.578. The number of ether oxygens (including phenoxy) is 1. The molecule has 1 aromatic carbocycles. The van der Waals surface area contributed by atoms with Gasteiger partial charge in [-0.15, -0.1) is 0 Å². The lowest BCUT2D eigenvalue weighted by atomic mass is 9.96. The highest BCUT2D eigenvalue weighted by molar-refractivity contribution is 5.95. The molecule has 1 aliphatic rings. The zero-order chi connectivity index (χ0) is 23.4. The lowest BCUT2D eigenvalue weighted by molar-refractivity contribution is -0.131. The van der Waals surface area contributed by atoms with Gasteiger partial charge >= 0.3 is 6.09 Å². The molecule has 2 aromatic heterocycles. The second kappa shape index (κ2) is 9.89. The minimum absolute atomic E-state index is 0.0638. The van der Waals surface area contributed by atoms with Gasteiger partial charge in [0.1, 0.15) is 17.9 Å². The monoisotopic (exact) mass is 450 g/mol. The molecular weight excluding hydrogens is 420 g/mol. The van der Waals surface area contributed by atoms with Crippen molar-refractivity contribution in [3.05, 3.63) is 48.5 Å². The van der Waals surface area contributed by atoms with Crippen molar-refractivity contribution in [3.63, 3.8) is 0 Å². The molecule has 3 aromatic rings. The van der Waals surface area contributed by atoms with Gasteiger partial charge in [-0.25, -0.2) is 9.78 Å². The second-order valence-corrected chi connectivity index (χ2v) is 8.33. The van der Waals surface area contributed by atoms with Gasteiger partial charge in [0, 0.05) is 37.2 Å². The molecule has 2 N–H and O–H groups in total. The number of rotatable bonds is 6. The van der Waals surface area contributed by atoms with Crippen LogP contribution in [0, 0.1) is 12.8 Å². The third-order valence-electron chi connectivity index (χ3n) is 6.14. The molecule has 1 saturated heterocycles. The van der Waals surface area contributed by atoms with E-state index in [-0.39, 0.29) is 19.1 Å². The molecule has 4 rings (SSSR count). The zero-order valence-electron chi connectivity index (χ0n) is 19.1. The van der Waals surface area contributed by atoms with Gasteiger partial charge < -0.3 is 19.9 Å². The number of nitrogens with zero attached hydrogens (tertiary/aromatic N) is 5. The largest absolute Gasteiger partial charge is 0.449 e. The predicted molar refractivity (Wildman–Crippen MR) is 127 cm³/mol. The van der Waals surface area contributed by atoms with Crippen LogP contribution >= 0.6 is 0 Å². The Balaban J connectivity index is 1.38. The first-order chi connectivity index (χ1) is 16.0. The number of nitrogens with two attached hydrogens (primary N) is 1. The van der Waals surface area contributed by atoms with Crippen LogP contribution < -0.4 is 10.6 Å². The first-order valence-electron chi connectivity index (χ1n) is 11.3. The normalized spacial score (nSPS) is 14.4. The molecule has 174 valence electrons. The fourth-order valence-electron chi connectivity index (χ4n) is 4.31. The van der Waals surface area contributed by atoms with Crippen molar-refractivity contribution in [1.29, 1.82) is 0 Å². The van der Waals surface area contributed by atoms with Crippen LogP contribution in [0.15, 0.2) is 42.7 Å². The summed E-state index contributed by atoms with van der Waals surface area (Å²) in [6, 6.07) is 8.85. The molecule has 0 saturated carbocycles. The Morgan fingerprint density at radius 2 is 1.91 bits per heavy atom. The van der Waals surface area contributed by atoms with Gasteiger partial charge in [0.15, 0.2) is 0 Å². The van der Waals surface area contributed by atoms with E-state index in [4.69, 9.17) is 10.5 Å². The van der Waals surface area contributed by atoms with Gasteiger partial charge in [-0.05, 0) is 62.9 Å². The zero-order valence-corrected chi connectivity index (χ0v) is 19.1. The lowest BCUT2D eigenvalue weighted by Crippen LogP contribution is -2.46. The van der Waals surface area contributed by atoms with Crippen LogP contribution in [0.25, 0.3) is 11.0 Å². The highest BCUT2D eigenvalue weighted by atomic mass is 16.6. The summed E-state index contributed by atoms with van der Waals surface area (Å²) in [5.74, 6) is 1.34. The van der Waals surface area contributed by atoms with Crippen molar-refractivity contribution >= 4 is 34.4 Å². The van der Waals surface area contributed by atoms with Crippen molar-refractivity contribution < 1.29 is 14.3 Å². The Labute approximate surface area is 193 Å².